The van der Waals surface area contributed by atoms with Crippen LogP contribution in [-0.2, 0) is 4.79 Å². The van der Waals surface area contributed by atoms with E-state index in [0.29, 0.717) is 18.8 Å². The molecular formula is C16H26N2O. The molecule has 0 saturated heterocycles. The van der Waals surface area contributed by atoms with Crippen molar-refractivity contribution in [1.82, 2.24) is 0 Å². The number of nitrogens with one attached hydrogen (secondary N) is 1. The van der Waals surface area contributed by atoms with Crippen LogP contribution in [0.3, 0.4) is 0 Å². The molecule has 0 atom stereocenters. The summed E-state index contributed by atoms with van der Waals surface area (Å²) in [6, 6.07) is 6.12. The molecule has 1 rings (SSSR count). The average molecular weight is 262 g/mol. The molecule has 0 heterocycles. The lowest BCUT2D eigenvalue weighted by atomic mass is 9.97. The first-order valence-electron chi connectivity index (χ1n) is 6.89. The molecule has 0 radical (unpaired) electrons. The zero-order valence-electron chi connectivity index (χ0n) is 12.7. The molecule has 3 nitrogen and oxygen atoms in total. The van der Waals surface area contributed by atoms with E-state index in [9.17, 15) is 4.79 Å². The molecule has 0 unspecified atom stereocenters. The van der Waals surface area contributed by atoms with Gasteiger partial charge in [-0.2, -0.15) is 0 Å². The third kappa shape index (κ3) is 5.03. The summed E-state index contributed by atoms with van der Waals surface area (Å²) >= 11 is 0. The van der Waals surface area contributed by atoms with Crippen LogP contribution in [0.15, 0.2) is 18.2 Å². The van der Waals surface area contributed by atoms with E-state index in [1.807, 2.05) is 32.9 Å². The smallest absolute Gasteiger partial charge is 0.224 e. The third-order valence-electron chi connectivity index (χ3n) is 3.19. The zero-order chi connectivity index (χ0) is 14.6. The number of carbonyl (C=O) groups is 1. The van der Waals surface area contributed by atoms with E-state index < -0.39 is 0 Å². The van der Waals surface area contributed by atoms with Gasteiger partial charge in [0.25, 0.3) is 0 Å². The summed E-state index contributed by atoms with van der Waals surface area (Å²) in [4.78, 5) is 12.0. The van der Waals surface area contributed by atoms with Crippen LogP contribution in [0.25, 0.3) is 0 Å². The lowest BCUT2D eigenvalue weighted by molar-refractivity contribution is -0.116. The molecule has 0 aliphatic carbocycles. The fourth-order valence-corrected chi connectivity index (χ4v) is 1.98. The highest BCUT2D eigenvalue weighted by atomic mass is 16.1. The van der Waals surface area contributed by atoms with E-state index >= 15 is 0 Å². The molecule has 1 aromatic carbocycles. The van der Waals surface area contributed by atoms with E-state index in [1.54, 1.807) is 0 Å². The summed E-state index contributed by atoms with van der Waals surface area (Å²) < 4.78 is 0. The van der Waals surface area contributed by atoms with E-state index in [0.717, 1.165) is 11.3 Å². The SMILES string of the molecule is Cc1cccc(C(C)C)c1NC(=O)CCC(C)(C)N. The summed E-state index contributed by atoms with van der Waals surface area (Å²) in [5.74, 6) is 0.427. The second-order valence-electron chi connectivity index (χ2n) is 6.23. The van der Waals surface area contributed by atoms with Crippen molar-refractivity contribution < 1.29 is 4.79 Å². The minimum Gasteiger partial charge on any atom is -0.326 e. The number of nitrogens with two attached hydrogens (primary N) is 1. The van der Waals surface area contributed by atoms with Gasteiger partial charge < -0.3 is 11.1 Å². The fourth-order valence-electron chi connectivity index (χ4n) is 1.98. The van der Waals surface area contributed by atoms with Gasteiger partial charge in [-0.3, -0.25) is 4.79 Å². The molecule has 0 aromatic heterocycles. The molecule has 0 aliphatic heterocycles. The van der Waals surface area contributed by atoms with Gasteiger partial charge >= 0.3 is 0 Å². The lowest BCUT2D eigenvalue weighted by Gasteiger charge is -2.19. The first-order valence-corrected chi connectivity index (χ1v) is 6.89. The monoisotopic (exact) mass is 262 g/mol. The van der Waals surface area contributed by atoms with E-state index in [4.69, 9.17) is 5.73 Å². The Hall–Kier alpha value is -1.35. The van der Waals surface area contributed by atoms with Gasteiger partial charge in [-0.15, -0.1) is 0 Å². The first-order chi connectivity index (χ1) is 8.70. The van der Waals surface area contributed by atoms with Crippen molar-refractivity contribution in [1.29, 1.82) is 0 Å². The second-order valence-corrected chi connectivity index (χ2v) is 6.23. The largest absolute Gasteiger partial charge is 0.326 e. The maximum atomic E-state index is 12.0. The normalized spacial score (nSPS) is 11.7. The highest BCUT2D eigenvalue weighted by Crippen LogP contribution is 2.27. The summed E-state index contributed by atoms with van der Waals surface area (Å²) in [6.07, 6.45) is 1.14. The Morgan fingerprint density at radius 3 is 2.53 bits per heavy atom. The lowest BCUT2D eigenvalue weighted by Crippen LogP contribution is -2.33. The van der Waals surface area contributed by atoms with E-state index in [1.165, 1.54) is 5.56 Å². The van der Waals surface area contributed by atoms with E-state index in [2.05, 4.69) is 25.2 Å². The van der Waals surface area contributed by atoms with Gasteiger partial charge in [0, 0.05) is 17.6 Å². The maximum Gasteiger partial charge on any atom is 0.224 e. The van der Waals surface area contributed by atoms with Crippen LogP contribution < -0.4 is 11.1 Å². The number of aryl methyl sites for hydroxylation is 1. The number of hydrogen-bond donors (Lipinski definition) is 2. The molecule has 0 saturated carbocycles. The predicted molar refractivity (Wildman–Crippen MR) is 81.4 cm³/mol. The predicted octanol–water partition coefficient (Wildman–Crippen LogP) is 3.57. The standard InChI is InChI=1S/C16H26N2O/c1-11(2)13-8-6-7-12(3)15(13)18-14(19)9-10-16(4,5)17/h6-8,11H,9-10,17H2,1-5H3,(H,18,19). The van der Waals surface area contributed by atoms with Gasteiger partial charge in [-0.25, -0.2) is 0 Å². The highest BCUT2D eigenvalue weighted by Gasteiger charge is 2.15. The second kappa shape index (κ2) is 6.20. The summed E-state index contributed by atoms with van der Waals surface area (Å²) in [5, 5.41) is 3.04. The summed E-state index contributed by atoms with van der Waals surface area (Å²) in [6.45, 7) is 10.2. The average Bonchev–Trinajstić information content (AvgIpc) is 2.28. The highest BCUT2D eigenvalue weighted by molar-refractivity contribution is 5.92. The number of benzene rings is 1. The number of para-hydroxylation sites is 1. The van der Waals surface area contributed by atoms with Gasteiger partial charge in [0.1, 0.15) is 0 Å². The van der Waals surface area contributed by atoms with Gasteiger partial charge in [0.15, 0.2) is 0 Å². The Morgan fingerprint density at radius 1 is 1.37 bits per heavy atom. The Labute approximate surface area is 116 Å². The minimum absolute atomic E-state index is 0.0368. The van der Waals surface area contributed by atoms with Crippen molar-refractivity contribution >= 4 is 11.6 Å². The number of anilines is 1. The van der Waals surface area contributed by atoms with Crippen LogP contribution in [0.4, 0.5) is 5.69 Å². The molecule has 106 valence electrons. The van der Waals surface area contributed by atoms with Crippen LogP contribution in [0, 0.1) is 6.92 Å². The van der Waals surface area contributed by atoms with Crippen LogP contribution >= 0.6 is 0 Å². The molecule has 0 bridgehead atoms. The van der Waals surface area contributed by atoms with Crippen LogP contribution in [-0.4, -0.2) is 11.4 Å². The summed E-state index contributed by atoms with van der Waals surface area (Å²) in [7, 11) is 0. The molecule has 3 heteroatoms. The molecule has 1 amide bonds. The molecule has 1 aromatic rings. The zero-order valence-corrected chi connectivity index (χ0v) is 12.7. The topological polar surface area (TPSA) is 55.1 Å². The molecule has 19 heavy (non-hydrogen) atoms. The Balaban J connectivity index is 2.79. The van der Waals surface area contributed by atoms with Crippen molar-refractivity contribution in [3.05, 3.63) is 29.3 Å². The molecule has 3 N–H and O–H groups in total. The van der Waals surface area contributed by atoms with Crippen molar-refractivity contribution in [2.75, 3.05) is 5.32 Å². The van der Waals surface area contributed by atoms with Crippen molar-refractivity contribution in [2.45, 2.75) is 58.9 Å². The van der Waals surface area contributed by atoms with Crippen molar-refractivity contribution in [2.24, 2.45) is 5.73 Å². The molecule has 0 spiro atoms. The molecule has 0 aliphatic rings. The van der Waals surface area contributed by atoms with Crippen molar-refractivity contribution in [3.63, 3.8) is 0 Å². The Morgan fingerprint density at radius 2 is 2.00 bits per heavy atom. The van der Waals surface area contributed by atoms with Gasteiger partial charge in [-0.05, 0) is 44.2 Å². The molecule has 0 fully saturated rings. The molecular weight excluding hydrogens is 236 g/mol. The Bertz CT molecular complexity index is 445. The number of hydrogen-bond acceptors (Lipinski definition) is 2. The van der Waals surface area contributed by atoms with Crippen molar-refractivity contribution in [3.8, 4) is 0 Å². The maximum absolute atomic E-state index is 12.0. The number of carbonyl (C=O) groups excluding carboxylic acids is 1. The summed E-state index contributed by atoms with van der Waals surface area (Å²) in [5.41, 5.74) is 8.84. The minimum atomic E-state index is -0.302. The Kier molecular flexibility index (Phi) is 5.12. The van der Waals surface area contributed by atoms with Gasteiger partial charge in [0.05, 0.1) is 0 Å². The van der Waals surface area contributed by atoms with Crippen LogP contribution in [0.5, 0.6) is 0 Å². The number of rotatable bonds is 5. The first kappa shape index (κ1) is 15.7. The van der Waals surface area contributed by atoms with Crippen LogP contribution in [0.2, 0.25) is 0 Å². The van der Waals surface area contributed by atoms with Gasteiger partial charge in [-0.1, -0.05) is 32.0 Å². The fraction of sp³-hybridized carbons (Fsp3) is 0.562. The quantitative estimate of drug-likeness (QED) is 0.852. The van der Waals surface area contributed by atoms with Gasteiger partial charge in [0.2, 0.25) is 5.91 Å². The van der Waals surface area contributed by atoms with E-state index in [-0.39, 0.29) is 11.4 Å². The number of amides is 1. The van der Waals surface area contributed by atoms with Crippen LogP contribution in [0.1, 0.15) is 57.6 Å². The third-order valence-corrected chi connectivity index (χ3v) is 3.19.